The zero-order valence-corrected chi connectivity index (χ0v) is 24.8. The molecular formula is C29H32Cl2FN3O4S. The third kappa shape index (κ3) is 8.68. The lowest BCUT2D eigenvalue weighted by molar-refractivity contribution is -0.140. The van der Waals surface area contributed by atoms with Crippen LogP contribution in [0, 0.1) is 11.7 Å². The number of anilines is 1. The number of rotatable bonds is 12. The number of carbonyl (C=O) groups excluding carboxylic acids is 2. The van der Waals surface area contributed by atoms with Crippen molar-refractivity contribution in [3.63, 3.8) is 0 Å². The van der Waals surface area contributed by atoms with Crippen LogP contribution in [-0.2, 0) is 32.6 Å². The number of benzene rings is 3. The molecule has 40 heavy (non-hydrogen) atoms. The molecule has 0 spiro atoms. The molecule has 0 bridgehead atoms. The largest absolute Gasteiger partial charge is 0.354 e. The van der Waals surface area contributed by atoms with Gasteiger partial charge < -0.3 is 10.2 Å². The molecule has 0 saturated heterocycles. The minimum absolute atomic E-state index is 0.0136. The molecular weight excluding hydrogens is 576 g/mol. The van der Waals surface area contributed by atoms with E-state index in [1.165, 1.54) is 41.3 Å². The van der Waals surface area contributed by atoms with Crippen LogP contribution in [0.3, 0.4) is 0 Å². The zero-order chi connectivity index (χ0) is 29.4. The predicted molar refractivity (Wildman–Crippen MR) is 157 cm³/mol. The molecule has 0 fully saturated rings. The highest BCUT2D eigenvalue weighted by Crippen LogP contribution is 2.31. The average Bonchev–Trinajstić information content (AvgIpc) is 2.90. The third-order valence-electron chi connectivity index (χ3n) is 6.11. The van der Waals surface area contributed by atoms with Crippen LogP contribution in [0.25, 0.3) is 0 Å². The predicted octanol–water partition coefficient (Wildman–Crippen LogP) is 5.31. The van der Waals surface area contributed by atoms with Crippen LogP contribution >= 0.6 is 23.2 Å². The van der Waals surface area contributed by atoms with E-state index >= 15 is 0 Å². The van der Waals surface area contributed by atoms with Gasteiger partial charge >= 0.3 is 0 Å². The van der Waals surface area contributed by atoms with E-state index in [9.17, 15) is 22.4 Å². The van der Waals surface area contributed by atoms with Gasteiger partial charge in [0.05, 0.1) is 17.0 Å². The summed E-state index contributed by atoms with van der Waals surface area (Å²) in [4.78, 5) is 28.8. The summed E-state index contributed by atoms with van der Waals surface area (Å²) in [6.45, 7) is 3.29. The van der Waals surface area contributed by atoms with Crippen LogP contribution in [-0.4, -0.2) is 50.5 Å². The Labute approximate surface area is 244 Å². The average molecular weight is 609 g/mol. The van der Waals surface area contributed by atoms with Crippen molar-refractivity contribution in [3.05, 3.63) is 99.8 Å². The Balaban J connectivity index is 2.08. The van der Waals surface area contributed by atoms with Gasteiger partial charge in [-0.05, 0) is 35.7 Å². The van der Waals surface area contributed by atoms with Crippen molar-refractivity contribution in [1.29, 1.82) is 0 Å². The number of amides is 2. The molecule has 3 aromatic carbocycles. The maximum atomic E-state index is 14.8. The first-order valence-electron chi connectivity index (χ1n) is 12.6. The first-order valence-corrected chi connectivity index (χ1v) is 15.2. The quantitative estimate of drug-likeness (QED) is 0.302. The van der Waals surface area contributed by atoms with E-state index in [1.807, 2.05) is 44.2 Å². The second-order valence-corrected chi connectivity index (χ2v) is 12.6. The van der Waals surface area contributed by atoms with E-state index in [-0.39, 0.29) is 40.2 Å². The number of hydrogen-bond acceptors (Lipinski definition) is 4. The highest BCUT2D eigenvalue weighted by Gasteiger charge is 2.34. The van der Waals surface area contributed by atoms with Crippen LogP contribution in [0.15, 0.2) is 72.8 Å². The molecule has 0 radical (unpaired) electrons. The molecule has 7 nitrogen and oxygen atoms in total. The molecule has 214 valence electrons. The fourth-order valence-corrected chi connectivity index (χ4v) is 5.35. The van der Waals surface area contributed by atoms with E-state index < -0.39 is 40.2 Å². The van der Waals surface area contributed by atoms with Gasteiger partial charge in [0.1, 0.15) is 18.4 Å². The minimum Gasteiger partial charge on any atom is -0.354 e. The van der Waals surface area contributed by atoms with Crippen molar-refractivity contribution >= 4 is 50.7 Å². The summed E-state index contributed by atoms with van der Waals surface area (Å²) in [6.07, 6.45) is 1.07. The van der Waals surface area contributed by atoms with Crippen LogP contribution in [0.5, 0.6) is 0 Å². The molecule has 0 unspecified atom stereocenters. The number of nitrogens with zero attached hydrogens (tertiary/aromatic N) is 2. The van der Waals surface area contributed by atoms with E-state index in [0.717, 1.165) is 16.1 Å². The lowest BCUT2D eigenvalue weighted by atomic mass is 10.0. The zero-order valence-electron chi connectivity index (χ0n) is 22.5. The van der Waals surface area contributed by atoms with Gasteiger partial charge in [0.2, 0.25) is 21.8 Å². The van der Waals surface area contributed by atoms with Gasteiger partial charge in [-0.3, -0.25) is 13.9 Å². The van der Waals surface area contributed by atoms with Crippen molar-refractivity contribution in [3.8, 4) is 0 Å². The molecule has 0 aromatic heterocycles. The van der Waals surface area contributed by atoms with Crippen LogP contribution in [0.2, 0.25) is 10.0 Å². The van der Waals surface area contributed by atoms with Gasteiger partial charge in [-0.15, -0.1) is 0 Å². The first-order chi connectivity index (χ1) is 18.9. The van der Waals surface area contributed by atoms with Crippen molar-refractivity contribution in [1.82, 2.24) is 10.2 Å². The molecule has 3 rings (SSSR count). The summed E-state index contributed by atoms with van der Waals surface area (Å²) in [5.41, 5.74) is 0.966. The van der Waals surface area contributed by atoms with Crippen LogP contribution < -0.4 is 9.62 Å². The molecule has 2 amide bonds. The standard InChI is InChI=1S/C29H32Cl2FN3O4S/c1-20(2)17-33-29(37)27(15-21-9-5-4-6-10-21)34(18-22-11-7-8-12-25(22)32)28(36)19-35(40(3,38)39)26-16-23(30)13-14-24(26)31/h4-14,16,20,27H,15,17-19H2,1-3H3,(H,33,37)/t27-/m1/s1. The fraction of sp³-hybridized carbons (Fsp3) is 0.310. The van der Waals surface area contributed by atoms with E-state index in [0.29, 0.717) is 6.54 Å². The summed E-state index contributed by atoms with van der Waals surface area (Å²) in [5.74, 6) is -1.57. The summed E-state index contributed by atoms with van der Waals surface area (Å²) < 4.78 is 41.3. The van der Waals surface area contributed by atoms with Gasteiger partial charge in [-0.25, -0.2) is 12.8 Å². The summed E-state index contributed by atoms with van der Waals surface area (Å²) >= 11 is 12.4. The van der Waals surface area contributed by atoms with Gasteiger partial charge in [0.15, 0.2) is 0 Å². The fourth-order valence-electron chi connectivity index (χ4n) is 4.06. The van der Waals surface area contributed by atoms with Gasteiger partial charge in [-0.2, -0.15) is 0 Å². The van der Waals surface area contributed by atoms with Crippen LogP contribution in [0.4, 0.5) is 10.1 Å². The number of carbonyl (C=O) groups is 2. The minimum atomic E-state index is -4.03. The summed E-state index contributed by atoms with van der Waals surface area (Å²) in [6, 6.07) is 18.2. The molecule has 0 saturated carbocycles. The number of hydrogen-bond donors (Lipinski definition) is 1. The number of nitrogens with one attached hydrogen (secondary N) is 1. The molecule has 1 atom stereocenters. The highest BCUT2D eigenvalue weighted by atomic mass is 35.5. The highest BCUT2D eigenvalue weighted by molar-refractivity contribution is 7.92. The molecule has 0 heterocycles. The van der Waals surface area contributed by atoms with Crippen molar-refractivity contribution < 1.29 is 22.4 Å². The maximum Gasteiger partial charge on any atom is 0.244 e. The van der Waals surface area contributed by atoms with E-state index in [1.54, 1.807) is 6.07 Å². The molecule has 3 aromatic rings. The molecule has 0 aliphatic carbocycles. The maximum absolute atomic E-state index is 14.8. The summed E-state index contributed by atoms with van der Waals surface area (Å²) in [5, 5.41) is 3.16. The van der Waals surface area contributed by atoms with Crippen LogP contribution in [0.1, 0.15) is 25.0 Å². The molecule has 11 heteroatoms. The van der Waals surface area contributed by atoms with Gasteiger partial charge in [0.25, 0.3) is 0 Å². The second kappa shape index (κ2) is 14.0. The Kier molecular flexibility index (Phi) is 11.0. The molecule has 0 aliphatic heterocycles. The Morgan fingerprint density at radius 1 is 0.975 bits per heavy atom. The van der Waals surface area contributed by atoms with Crippen molar-refractivity contribution in [2.24, 2.45) is 5.92 Å². The first kappa shape index (κ1) is 31.4. The lowest BCUT2D eigenvalue weighted by Crippen LogP contribution is -2.53. The lowest BCUT2D eigenvalue weighted by Gasteiger charge is -2.34. The van der Waals surface area contributed by atoms with Gasteiger partial charge in [0, 0.05) is 30.1 Å². The Morgan fingerprint density at radius 3 is 2.25 bits per heavy atom. The van der Waals surface area contributed by atoms with E-state index in [4.69, 9.17) is 23.2 Å². The summed E-state index contributed by atoms with van der Waals surface area (Å²) in [7, 11) is -4.03. The Hall–Kier alpha value is -3.14. The third-order valence-corrected chi connectivity index (χ3v) is 7.79. The molecule has 0 aliphatic rings. The van der Waals surface area contributed by atoms with E-state index in [2.05, 4.69) is 5.32 Å². The number of sulfonamides is 1. The van der Waals surface area contributed by atoms with Crippen molar-refractivity contribution in [2.45, 2.75) is 32.9 Å². The smallest absolute Gasteiger partial charge is 0.244 e. The molecule has 1 N–H and O–H groups in total. The SMILES string of the molecule is CC(C)CNC(=O)[C@@H](Cc1ccccc1)N(Cc1ccccc1F)C(=O)CN(c1cc(Cl)ccc1Cl)S(C)(=O)=O. The Bertz CT molecular complexity index is 1440. The van der Waals surface area contributed by atoms with Crippen molar-refractivity contribution in [2.75, 3.05) is 23.7 Å². The second-order valence-electron chi connectivity index (χ2n) is 9.82. The Morgan fingerprint density at radius 2 is 1.62 bits per heavy atom. The normalized spacial score (nSPS) is 12.2. The number of halogens is 3. The monoisotopic (exact) mass is 607 g/mol. The van der Waals surface area contributed by atoms with Gasteiger partial charge in [-0.1, -0.05) is 85.6 Å². The topological polar surface area (TPSA) is 86.8 Å².